The molecule has 1 aliphatic heterocycles. The van der Waals surface area contributed by atoms with Crippen LogP contribution in [-0.4, -0.2) is 33.5 Å². The van der Waals surface area contributed by atoms with Crippen LogP contribution >= 0.6 is 0 Å². The number of hydrogen-bond donors (Lipinski definition) is 2. The summed E-state index contributed by atoms with van der Waals surface area (Å²) in [5.41, 5.74) is -0.662. The van der Waals surface area contributed by atoms with Crippen LogP contribution in [0.2, 0.25) is 0 Å². The van der Waals surface area contributed by atoms with Gasteiger partial charge in [0.05, 0.1) is 23.3 Å². The summed E-state index contributed by atoms with van der Waals surface area (Å²) in [5.74, 6) is -0.463. The smallest absolute Gasteiger partial charge is 0.391 e. The van der Waals surface area contributed by atoms with Crippen molar-refractivity contribution in [1.82, 2.24) is 9.88 Å². The molecular formula is C17H15F3N2O3. The van der Waals surface area contributed by atoms with Crippen molar-refractivity contribution in [2.45, 2.75) is 24.7 Å². The van der Waals surface area contributed by atoms with Crippen LogP contribution in [0.4, 0.5) is 13.2 Å². The first-order valence-corrected chi connectivity index (χ1v) is 7.60. The van der Waals surface area contributed by atoms with Crippen LogP contribution in [0, 0.1) is 0 Å². The van der Waals surface area contributed by atoms with Gasteiger partial charge in [-0.25, -0.2) is 0 Å². The van der Waals surface area contributed by atoms with Gasteiger partial charge < -0.3 is 15.0 Å². The maximum absolute atomic E-state index is 12.9. The van der Waals surface area contributed by atoms with Gasteiger partial charge in [0, 0.05) is 18.8 Å². The minimum atomic E-state index is -4.49. The van der Waals surface area contributed by atoms with E-state index in [0.717, 1.165) is 12.1 Å². The quantitative estimate of drug-likeness (QED) is 0.871. The molecule has 1 aliphatic rings. The Bertz CT molecular complexity index is 827. The highest BCUT2D eigenvalue weighted by atomic mass is 19.4. The van der Waals surface area contributed by atoms with Gasteiger partial charge in [0.25, 0.3) is 5.91 Å². The molecule has 0 saturated carbocycles. The third kappa shape index (κ3) is 3.58. The minimum Gasteiger partial charge on any atom is -0.391 e. The first-order chi connectivity index (χ1) is 11.8. The molecule has 0 aliphatic carbocycles. The second kappa shape index (κ2) is 6.36. The van der Waals surface area contributed by atoms with E-state index >= 15 is 0 Å². The van der Waals surface area contributed by atoms with E-state index in [4.69, 9.17) is 0 Å². The van der Waals surface area contributed by atoms with Crippen LogP contribution in [0.3, 0.4) is 0 Å². The number of aliphatic hydroxyl groups excluding tert-OH is 1. The number of carbonyl (C=O) groups excluding carboxylic acids is 1. The van der Waals surface area contributed by atoms with E-state index in [2.05, 4.69) is 4.98 Å². The highest BCUT2D eigenvalue weighted by Gasteiger charge is 2.37. The van der Waals surface area contributed by atoms with E-state index in [1.54, 1.807) is 0 Å². The van der Waals surface area contributed by atoms with Gasteiger partial charge in [-0.2, -0.15) is 13.2 Å². The second-order valence-corrected chi connectivity index (χ2v) is 5.93. The van der Waals surface area contributed by atoms with Crippen molar-refractivity contribution in [3.8, 4) is 0 Å². The molecule has 2 aromatic rings. The normalized spacial score (nSPS) is 20.7. The predicted octanol–water partition coefficient (Wildman–Crippen LogP) is 2.34. The van der Waals surface area contributed by atoms with Gasteiger partial charge in [0.1, 0.15) is 0 Å². The molecule has 0 spiro atoms. The number of carbonyl (C=O) groups is 1. The molecule has 25 heavy (non-hydrogen) atoms. The maximum atomic E-state index is 12.9. The van der Waals surface area contributed by atoms with Crippen molar-refractivity contribution >= 4 is 5.91 Å². The van der Waals surface area contributed by atoms with Crippen LogP contribution in [0.15, 0.2) is 47.4 Å². The number of benzene rings is 1. The zero-order valence-electron chi connectivity index (χ0n) is 13.0. The molecule has 1 aromatic carbocycles. The Balaban J connectivity index is 1.93. The van der Waals surface area contributed by atoms with Crippen LogP contribution in [-0.2, 0) is 6.18 Å². The number of aromatic nitrogens is 1. The summed E-state index contributed by atoms with van der Waals surface area (Å²) in [5, 5.41) is 9.93. The fraction of sp³-hybridized carbons (Fsp3) is 0.294. The summed E-state index contributed by atoms with van der Waals surface area (Å²) in [6.07, 6.45) is -3.91. The lowest BCUT2D eigenvalue weighted by atomic mass is 10.0. The Morgan fingerprint density at radius 3 is 2.64 bits per heavy atom. The molecule has 0 radical (unpaired) electrons. The number of aliphatic hydroxyl groups is 1. The minimum absolute atomic E-state index is 0.0128. The van der Waals surface area contributed by atoms with Gasteiger partial charge in [-0.3, -0.25) is 9.59 Å². The van der Waals surface area contributed by atoms with Crippen LogP contribution in [0.1, 0.15) is 33.9 Å². The molecule has 5 nitrogen and oxygen atoms in total. The Kier molecular flexibility index (Phi) is 4.38. The number of amides is 1. The van der Waals surface area contributed by atoms with Crippen molar-refractivity contribution in [1.29, 1.82) is 0 Å². The lowest BCUT2D eigenvalue weighted by molar-refractivity contribution is -0.137. The van der Waals surface area contributed by atoms with Crippen LogP contribution in [0.25, 0.3) is 0 Å². The van der Waals surface area contributed by atoms with Gasteiger partial charge >= 0.3 is 6.18 Å². The molecule has 2 N–H and O–H groups in total. The van der Waals surface area contributed by atoms with Gasteiger partial charge in [0.2, 0.25) is 5.56 Å². The Labute approximate surface area is 140 Å². The third-order valence-electron chi connectivity index (χ3n) is 4.17. The highest BCUT2D eigenvalue weighted by molar-refractivity contribution is 5.94. The highest BCUT2D eigenvalue weighted by Crippen LogP contribution is 2.36. The predicted molar refractivity (Wildman–Crippen MR) is 82.9 cm³/mol. The zero-order valence-corrected chi connectivity index (χ0v) is 13.0. The number of aromatic amines is 1. The van der Waals surface area contributed by atoms with Crippen molar-refractivity contribution < 1.29 is 23.1 Å². The number of rotatable bonds is 2. The topological polar surface area (TPSA) is 73.4 Å². The molecule has 1 amide bonds. The average molecular weight is 352 g/mol. The summed E-state index contributed by atoms with van der Waals surface area (Å²) in [4.78, 5) is 27.5. The molecule has 1 aromatic heterocycles. The van der Waals surface area contributed by atoms with E-state index in [1.165, 1.54) is 35.4 Å². The molecule has 132 valence electrons. The van der Waals surface area contributed by atoms with Gasteiger partial charge in [-0.15, -0.1) is 0 Å². The Morgan fingerprint density at radius 1 is 1.24 bits per heavy atom. The van der Waals surface area contributed by atoms with Crippen LogP contribution < -0.4 is 5.56 Å². The van der Waals surface area contributed by atoms with E-state index in [9.17, 15) is 27.9 Å². The van der Waals surface area contributed by atoms with Gasteiger partial charge in [-0.05, 0) is 30.2 Å². The molecule has 0 unspecified atom stereocenters. The van der Waals surface area contributed by atoms with Crippen molar-refractivity contribution in [2.75, 3.05) is 6.54 Å². The molecule has 1 fully saturated rings. The summed E-state index contributed by atoms with van der Waals surface area (Å²) < 4.78 is 38.8. The largest absolute Gasteiger partial charge is 0.416 e. The standard InChI is InChI=1S/C17H15F3N2O3/c18-17(19,20)12-3-1-2-10(6-12)14-7-13(23)9-22(14)16(25)11-4-5-15(24)21-8-11/h1-6,8,13-14,23H,7,9H2,(H,21,24)/t13-,14-/m0/s1. The average Bonchev–Trinajstić information content (AvgIpc) is 2.96. The third-order valence-corrected chi connectivity index (χ3v) is 4.17. The molecule has 2 heterocycles. The van der Waals surface area contributed by atoms with Crippen LogP contribution in [0.5, 0.6) is 0 Å². The van der Waals surface area contributed by atoms with Gasteiger partial charge in [-0.1, -0.05) is 12.1 Å². The molecule has 3 rings (SSSR count). The number of halogens is 3. The Hall–Kier alpha value is -2.61. The van der Waals surface area contributed by atoms with E-state index in [-0.39, 0.29) is 24.1 Å². The van der Waals surface area contributed by atoms with Crippen molar-refractivity contribution in [2.24, 2.45) is 0 Å². The lowest BCUT2D eigenvalue weighted by Crippen LogP contribution is -2.32. The number of alkyl halides is 3. The fourth-order valence-electron chi connectivity index (χ4n) is 2.99. The number of pyridine rings is 1. The number of hydrogen-bond acceptors (Lipinski definition) is 3. The maximum Gasteiger partial charge on any atom is 0.416 e. The van der Waals surface area contributed by atoms with E-state index in [1.807, 2.05) is 0 Å². The van der Waals surface area contributed by atoms with E-state index in [0.29, 0.717) is 5.56 Å². The Morgan fingerprint density at radius 2 is 2.00 bits per heavy atom. The van der Waals surface area contributed by atoms with Crippen molar-refractivity contribution in [3.05, 3.63) is 69.6 Å². The van der Waals surface area contributed by atoms with Gasteiger partial charge in [0.15, 0.2) is 0 Å². The van der Waals surface area contributed by atoms with Crippen molar-refractivity contribution in [3.63, 3.8) is 0 Å². The second-order valence-electron chi connectivity index (χ2n) is 5.93. The molecule has 0 bridgehead atoms. The molecule has 1 saturated heterocycles. The zero-order chi connectivity index (χ0) is 18.2. The summed E-state index contributed by atoms with van der Waals surface area (Å²) in [7, 11) is 0. The number of likely N-dealkylation sites (tertiary alicyclic amines) is 1. The summed E-state index contributed by atoms with van der Waals surface area (Å²) in [6, 6.07) is 6.61. The first-order valence-electron chi connectivity index (χ1n) is 7.60. The number of nitrogens with zero attached hydrogens (tertiary/aromatic N) is 1. The fourth-order valence-corrected chi connectivity index (χ4v) is 2.99. The van der Waals surface area contributed by atoms with E-state index < -0.39 is 29.8 Å². The number of β-amino-alcohol motifs (C(OH)–C–C–N with tert-alkyl or cyclic N) is 1. The summed E-state index contributed by atoms with van der Waals surface area (Å²) in [6.45, 7) is 0.0128. The molecule has 8 heteroatoms. The summed E-state index contributed by atoms with van der Waals surface area (Å²) >= 11 is 0. The first kappa shape index (κ1) is 17.2. The number of nitrogens with one attached hydrogen (secondary N) is 1. The number of H-pyrrole nitrogens is 1. The molecule has 2 atom stereocenters. The monoisotopic (exact) mass is 352 g/mol. The molecular weight excluding hydrogens is 337 g/mol. The lowest BCUT2D eigenvalue weighted by Gasteiger charge is -2.25. The SMILES string of the molecule is O=C(c1ccc(=O)[nH]c1)N1C[C@@H](O)C[C@H]1c1cccc(C(F)(F)F)c1.